The van der Waals surface area contributed by atoms with E-state index in [0.29, 0.717) is 0 Å². The molecule has 0 amide bonds. The van der Waals surface area contributed by atoms with Crippen LogP contribution in [0.15, 0.2) is 115 Å². The van der Waals surface area contributed by atoms with Crippen molar-refractivity contribution in [1.82, 2.24) is 9.55 Å². The highest BCUT2D eigenvalue weighted by atomic mass is 32.1. The Morgan fingerprint density at radius 1 is 0.822 bits per heavy atom. The summed E-state index contributed by atoms with van der Waals surface area (Å²) in [5, 5.41) is 5.29. The van der Waals surface area contributed by atoms with Gasteiger partial charge in [-0.15, -0.1) is 11.3 Å². The summed E-state index contributed by atoms with van der Waals surface area (Å²) in [5.41, 5.74) is 10.3. The molecule has 224 valence electrons. The van der Waals surface area contributed by atoms with E-state index in [2.05, 4.69) is 154 Å². The second-order valence-electron chi connectivity index (χ2n) is 11.0. The first-order valence-corrected chi connectivity index (χ1v) is 16.9. The zero-order valence-electron chi connectivity index (χ0n) is 27.1. The van der Waals surface area contributed by atoms with Gasteiger partial charge in [0, 0.05) is 36.5 Å². The number of allylic oxidation sites excluding steroid dienone is 5. The molecule has 0 aliphatic carbocycles. The zero-order chi connectivity index (χ0) is 31.5. The Labute approximate surface area is 270 Å². The zero-order valence-corrected chi connectivity index (χ0v) is 27.9. The maximum atomic E-state index is 5.17. The van der Waals surface area contributed by atoms with Crippen molar-refractivity contribution in [3.05, 3.63) is 132 Å². The van der Waals surface area contributed by atoms with E-state index in [1.54, 1.807) is 0 Å². The number of hydrogen-bond donors (Lipinski definition) is 0. The van der Waals surface area contributed by atoms with Gasteiger partial charge in [0.1, 0.15) is 0 Å². The summed E-state index contributed by atoms with van der Waals surface area (Å²) in [7, 11) is 0. The maximum absolute atomic E-state index is 5.17. The third-order valence-corrected chi connectivity index (χ3v) is 9.51. The average Bonchev–Trinajstić information content (AvgIpc) is 3.64. The molecule has 0 saturated heterocycles. The lowest BCUT2D eigenvalue weighted by atomic mass is 9.99. The molecule has 0 unspecified atom stereocenters. The molecule has 3 aromatic heterocycles. The van der Waals surface area contributed by atoms with Crippen LogP contribution in [0.25, 0.3) is 70.6 Å². The number of benzene rings is 4. The Morgan fingerprint density at radius 3 is 2.31 bits per heavy atom. The van der Waals surface area contributed by atoms with Crippen LogP contribution in [-0.4, -0.2) is 9.55 Å². The van der Waals surface area contributed by atoms with Gasteiger partial charge in [-0.3, -0.25) is 0 Å². The largest absolute Gasteiger partial charge is 0.309 e. The number of nitrogens with zero attached hydrogens (tertiary/aromatic N) is 2. The van der Waals surface area contributed by atoms with E-state index in [-0.39, 0.29) is 0 Å². The lowest BCUT2D eigenvalue weighted by molar-refractivity contribution is 1.15. The summed E-state index contributed by atoms with van der Waals surface area (Å²) < 4.78 is 5.13. The van der Waals surface area contributed by atoms with Gasteiger partial charge in [0.15, 0.2) is 0 Å². The van der Waals surface area contributed by atoms with Crippen LogP contribution in [-0.2, 0) is 0 Å². The third kappa shape index (κ3) is 5.32. The van der Waals surface area contributed by atoms with Gasteiger partial charge in [0.25, 0.3) is 0 Å². The van der Waals surface area contributed by atoms with Gasteiger partial charge < -0.3 is 4.57 Å². The average molecular weight is 605 g/mol. The van der Waals surface area contributed by atoms with Crippen LogP contribution in [0.5, 0.6) is 0 Å². The van der Waals surface area contributed by atoms with Crippen molar-refractivity contribution in [2.45, 2.75) is 48.0 Å². The van der Waals surface area contributed by atoms with Crippen LogP contribution in [0.4, 0.5) is 0 Å². The fourth-order valence-corrected chi connectivity index (χ4v) is 7.54. The van der Waals surface area contributed by atoms with E-state index in [0.717, 1.165) is 34.6 Å². The lowest BCUT2D eigenvalue weighted by Gasteiger charge is -2.14. The molecule has 3 heteroatoms. The first-order valence-electron chi connectivity index (χ1n) is 16.0. The van der Waals surface area contributed by atoms with Crippen LogP contribution < -0.4 is 0 Å². The summed E-state index contributed by atoms with van der Waals surface area (Å²) >= 11 is 1.90. The summed E-state index contributed by atoms with van der Waals surface area (Å²) in [4.78, 5) is 5.17. The van der Waals surface area contributed by atoms with Crippen LogP contribution in [0.2, 0.25) is 0 Å². The molecule has 0 saturated carbocycles. The Balaban J connectivity index is 0.00000175. The highest BCUT2D eigenvalue weighted by molar-refractivity contribution is 7.26. The van der Waals surface area contributed by atoms with Gasteiger partial charge in [0.05, 0.1) is 28.1 Å². The smallest absolute Gasteiger partial charge is 0.0730 e. The summed E-state index contributed by atoms with van der Waals surface area (Å²) in [6.07, 6.45) is 12.0. The van der Waals surface area contributed by atoms with Crippen molar-refractivity contribution in [3.8, 4) is 16.9 Å². The van der Waals surface area contributed by atoms with Crippen molar-refractivity contribution in [2.75, 3.05) is 0 Å². The summed E-state index contributed by atoms with van der Waals surface area (Å²) in [6.45, 7) is 12.6. The number of aryl methyl sites for hydroxylation is 1. The molecule has 0 aliphatic rings. The normalized spacial score (nSPS) is 12.3. The van der Waals surface area contributed by atoms with E-state index in [9.17, 15) is 0 Å². The van der Waals surface area contributed by atoms with Crippen LogP contribution in [0.3, 0.4) is 0 Å². The van der Waals surface area contributed by atoms with Gasteiger partial charge in [0.2, 0.25) is 0 Å². The molecule has 45 heavy (non-hydrogen) atoms. The number of fused-ring (bicyclic) bond motifs is 7. The van der Waals surface area contributed by atoms with Crippen molar-refractivity contribution in [2.24, 2.45) is 0 Å². The number of rotatable bonds is 6. The van der Waals surface area contributed by atoms with Gasteiger partial charge >= 0.3 is 0 Å². The van der Waals surface area contributed by atoms with Crippen molar-refractivity contribution in [3.63, 3.8) is 0 Å². The van der Waals surface area contributed by atoms with Gasteiger partial charge in [-0.05, 0) is 74.2 Å². The maximum Gasteiger partial charge on any atom is 0.0730 e. The number of aromatic nitrogens is 2. The minimum absolute atomic E-state index is 0.966. The highest BCUT2D eigenvalue weighted by Gasteiger charge is 2.21. The van der Waals surface area contributed by atoms with E-state index in [4.69, 9.17) is 4.98 Å². The molecule has 0 spiro atoms. The molecule has 0 bridgehead atoms. The minimum Gasteiger partial charge on any atom is -0.309 e. The molecular weight excluding hydrogens is 565 g/mol. The number of hydrogen-bond acceptors (Lipinski definition) is 2. The number of pyridine rings is 1. The molecule has 0 atom stereocenters. The Bertz CT molecular complexity index is 2240. The topological polar surface area (TPSA) is 17.8 Å². The monoisotopic (exact) mass is 604 g/mol. The van der Waals surface area contributed by atoms with Crippen molar-refractivity contribution in [1.29, 1.82) is 0 Å². The molecule has 2 nitrogen and oxygen atoms in total. The van der Waals surface area contributed by atoms with E-state index in [1.807, 2.05) is 25.2 Å². The van der Waals surface area contributed by atoms with Crippen LogP contribution in [0, 0.1) is 6.92 Å². The predicted octanol–water partition coefficient (Wildman–Crippen LogP) is 13.0. The second-order valence-corrected chi connectivity index (χ2v) is 12.0. The first-order chi connectivity index (χ1) is 22.1. The highest BCUT2D eigenvalue weighted by Crippen LogP contribution is 2.45. The van der Waals surface area contributed by atoms with Crippen molar-refractivity contribution < 1.29 is 0 Å². The molecule has 7 aromatic rings. The Hall–Kier alpha value is -4.73. The molecule has 0 N–H and O–H groups in total. The quantitative estimate of drug-likeness (QED) is 0.173. The molecule has 0 aliphatic heterocycles. The molecular formula is C42H40N2S. The second kappa shape index (κ2) is 13.1. The number of thiophene rings is 1. The first kappa shape index (κ1) is 30.3. The fraction of sp³-hybridized carbons (Fsp3) is 0.167. The minimum atomic E-state index is 0.966. The molecule has 0 fully saturated rings. The van der Waals surface area contributed by atoms with Gasteiger partial charge in [-0.2, -0.15) is 0 Å². The molecule has 7 rings (SSSR count). The fourth-order valence-electron chi connectivity index (χ4n) is 6.29. The van der Waals surface area contributed by atoms with Gasteiger partial charge in [-0.25, -0.2) is 4.98 Å². The Kier molecular flexibility index (Phi) is 8.82. The molecule has 3 heterocycles. The van der Waals surface area contributed by atoms with Crippen LogP contribution >= 0.6 is 11.3 Å². The summed E-state index contributed by atoms with van der Waals surface area (Å²) in [6, 6.07) is 33.0. The van der Waals surface area contributed by atoms with E-state index < -0.39 is 0 Å². The van der Waals surface area contributed by atoms with Crippen LogP contribution in [0.1, 0.15) is 57.9 Å². The standard InChI is InChI=1S/C40H34N2S.C2H6/c1-5-8-17-30-26(4)20-22-35-38(30)39-36(23-21-32-31-18-12-13-19-37(31)43-40(32)39)42(35)29-24-33(27(7-3)14-6-2)41-34(25-29)28-15-10-9-11-16-28;1-2/h6-25H,5H2,1-4H3;1-2H3/b14-6-,17-8-,27-7+;. The lowest BCUT2D eigenvalue weighted by Crippen LogP contribution is -2.00. The predicted molar refractivity (Wildman–Crippen MR) is 201 cm³/mol. The molecule has 4 aromatic carbocycles. The van der Waals surface area contributed by atoms with E-state index >= 15 is 0 Å². The van der Waals surface area contributed by atoms with Gasteiger partial charge in [-0.1, -0.05) is 112 Å². The third-order valence-electron chi connectivity index (χ3n) is 8.31. The van der Waals surface area contributed by atoms with E-state index in [1.165, 1.54) is 53.1 Å². The SMILES string of the molecule is C/C=C\C(=C/C)c1cc(-n2c3ccc(C)c(/C=C\CC)c3c3c4sc5ccccc5c4ccc32)cc(-c2ccccc2)n1.CC. The Morgan fingerprint density at radius 2 is 1.56 bits per heavy atom. The van der Waals surface area contributed by atoms with Crippen molar-refractivity contribution >= 4 is 65.0 Å². The molecule has 0 radical (unpaired) electrons. The summed E-state index contributed by atoms with van der Waals surface area (Å²) in [5.74, 6) is 0.